The van der Waals surface area contributed by atoms with Crippen molar-refractivity contribution in [3.63, 3.8) is 0 Å². The first-order chi connectivity index (χ1) is 12.8. The Bertz CT molecular complexity index is 786. The van der Waals surface area contributed by atoms with Crippen molar-refractivity contribution in [3.05, 3.63) is 46.8 Å². The zero-order valence-electron chi connectivity index (χ0n) is 17.1. The van der Waals surface area contributed by atoms with Crippen molar-refractivity contribution in [3.8, 4) is 0 Å². The molecule has 1 aromatic carbocycles. The van der Waals surface area contributed by atoms with Gasteiger partial charge in [-0.1, -0.05) is 26.0 Å². The number of rotatable bonds is 4. The Labute approximate surface area is 168 Å². The Kier molecular flexibility index (Phi) is 6.17. The molecule has 1 fully saturated rings. The molecule has 0 atom stereocenters. The highest BCUT2D eigenvalue weighted by molar-refractivity contribution is 7.80. The monoisotopic (exact) mass is 385 g/mol. The summed E-state index contributed by atoms with van der Waals surface area (Å²) in [6.45, 7) is 13.6. The molecule has 0 unspecified atom stereocenters. The van der Waals surface area contributed by atoms with E-state index in [1.165, 1.54) is 16.8 Å². The molecular weight excluding hydrogens is 354 g/mol. The average Bonchev–Trinajstić information content (AvgIpc) is 2.89. The number of benzene rings is 1. The molecule has 1 aliphatic heterocycles. The third kappa shape index (κ3) is 4.68. The highest BCUT2D eigenvalue weighted by atomic mass is 32.1. The van der Waals surface area contributed by atoms with Crippen LogP contribution in [0.2, 0.25) is 0 Å². The summed E-state index contributed by atoms with van der Waals surface area (Å²) >= 11 is 5.64. The van der Waals surface area contributed by atoms with Crippen molar-refractivity contribution in [1.29, 1.82) is 0 Å². The van der Waals surface area contributed by atoms with E-state index in [9.17, 15) is 0 Å². The molecule has 3 rings (SSSR count). The van der Waals surface area contributed by atoms with Gasteiger partial charge in [0.25, 0.3) is 0 Å². The van der Waals surface area contributed by atoms with Crippen LogP contribution in [0.3, 0.4) is 0 Å². The average molecular weight is 386 g/mol. The van der Waals surface area contributed by atoms with Gasteiger partial charge in [-0.3, -0.25) is 9.58 Å². The predicted octanol–water partition coefficient (Wildman–Crippen LogP) is 3.67. The van der Waals surface area contributed by atoms with Gasteiger partial charge in [-0.25, -0.2) is 0 Å². The fourth-order valence-corrected chi connectivity index (χ4v) is 3.83. The molecule has 27 heavy (non-hydrogen) atoms. The van der Waals surface area contributed by atoms with Crippen LogP contribution in [0.1, 0.15) is 42.3 Å². The van der Waals surface area contributed by atoms with E-state index in [2.05, 4.69) is 72.2 Å². The fraction of sp³-hybridized carbons (Fsp3) is 0.524. The van der Waals surface area contributed by atoms with E-state index in [1.54, 1.807) is 0 Å². The second-order valence-corrected chi connectivity index (χ2v) is 8.13. The zero-order chi connectivity index (χ0) is 19.6. The number of anilines is 1. The maximum Gasteiger partial charge on any atom is 0.173 e. The minimum atomic E-state index is 0.547. The second-order valence-electron chi connectivity index (χ2n) is 7.74. The minimum Gasteiger partial charge on any atom is -0.346 e. The fourth-order valence-electron chi connectivity index (χ4n) is 3.53. The van der Waals surface area contributed by atoms with Crippen molar-refractivity contribution in [2.24, 2.45) is 7.05 Å². The molecule has 0 radical (unpaired) electrons. The lowest BCUT2D eigenvalue weighted by molar-refractivity contribution is 0.176. The molecule has 0 saturated carbocycles. The lowest BCUT2D eigenvalue weighted by atomic mass is 10.0. The minimum absolute atomic E-state index is 0.547. The second kappa shape index (κ2) is 8.40. The van der Waals surface area contributed by atoms with Gasteiger partial charge in [0.15, 0.2) is 5.11 Å². The first-order valence-electron chi connectivity index (χ1n) is 9.72. The molecule has 6 heteroatoms. The number of nitrogens with zero attached hydrogens (tertiary/aromatic N) is 4. The van der Waals surface area contributed by atoms with Crippen molar-refractivity contribution < 1.29 is 0 Å². The Balaban J connectivity index is 1.51. The third-order valence-corrected chi connectivity index (χ3v) is 5.89. The summed E-state index contributed by atoms with van der Waals surface area (Å²) in [4.78, 5) is 4.76. The number of nitrogens with one attached hydrogen (secondary N) is 1. The third-order valence-electron chi connectivity index (χ3n) is 5.53. The summed E-state index contributed by atoms with van der Waals surface area (Å²) in [7, 11) is 2.02. The molecule has 0 spiro atoms. The van der Waals surface area contributed by atoms with E-state index in [4.69, 9.17) is 12.2 Å². The van der Waals surface area contributed by atoms with Crippen LogP contribution in [-0.2, 0) is 13.6 Å². The quantitative estimate of drug-likeness (QED) is 0.813. The lowest BCUT2D eigenvalue weighted by Crippen LogP contribution is -2.49. The van der Waals surface area contributed by atoms with Crippen molar-refractivity contribution in [1.82, 2.24) is 19.6 Å². The van der Waals surface area contributed by atoms with E-state index in [-0.39, 0.29) is 0 Å². The van der Waals surface area contributed by atoms with E-state index < -0.39 is 0 Å². The molecule has 146 valence electrons. The number of thiocarbonyl (C=S) groups is 1. The first kappa shape index (κ1) is 19.8. The summed E-state index contributed by atoms with van der Waals surface area (Å²) in [5.74, 6) is 0.547. The number of aryl methyl sites for hydroxylation is 2. The predicted molar refractivity (Wildman–Crippen MR) is 116 cm³/mol. The highest BCUT2D eigenvalue weighted by Crippen LogP contribution is 2.19. The zero-order valence-corrected chi connectivity index (χ0v) is 17.9. The van der Waals surface area contributed by atoms with Crippen LogP contribution < -0.4 is 5.32 Å². The summed E-state index contributed by atoms with van der Waals surface area (Å²) in [5.41, 5.74) is 6.17. The molecule has 2 heterocycles. The van der Waals surface area contributed by atoms with Crippen LogP contribution in [0.4, 0.5) is 5.69 Å². The lowest BCUT2D eigenvalue weighted by Gasteiger charge is -2.36. The van der Waals surface area contributed by atoms with Crippen LogP contribution in [0.15, 0.2) is 24.3 Å². The molecule has 1 saturated heterocycles. The Hall–Kier alpha value is -1.92. The van der Waals surface area contributed by atoms with Crippen LogP contribution in [0.25, 0.3) is 0 Å². The molecule has 1 aromatic heterocycles. The van der Waals surface area contributed by atoms with E-state index in [1.807, 2.05) is 11.7 Å². The molecule has 0 amide bonds. The molecule has 0 bridgehead atoms. The molecule has 1 N–H and O–H groups in total. The van der Waals surface area contributed by atoms with Gasteiger partial charge in [-0.05, 0) is 49.7 Å². The van der Waals surface area contributed by atoms with Gasteiger partial charge in [0.05, 0.1) is 5.69 Å². The Morgan fingerprint density at radius 3 is 2.26 bits per heavy atom. The topological polar surface area (TPSA) is 36.3 Å². The van der Waals surface area contributed by atoms with Gasteiger partial charge in [0.2, 0.25) is 0 Å². The Morgan fingerprint density at radius 1 is 1.11 bits per heavy atom. The normalized spacial score (nSPS) is 15.4. The SMILES string of the molecule is Cc1nn(C)c(C)c1CN1CCN(C(=S)Nc2ccc(C(C)C)cc2)CC1. The summed E-state index contributed by atoms with van der Waals surface area (Å²) in [6.07, 6.45) is 0. The number of hydrogen-bond donors (Lipinski definition) is 1. The smallest absolute Gasteiger partial charge is 0.173 e. The Morgan fingerprint density at radius 2 is 1.74 bits per heavy atom. The summed E-state index contributed by atoms with van der Waals surface area (Å²) < 4.78 is 1.98. The van der Waals surface area contributed by atoms with Gasteiger partial charge in [0, 0.05) is 56.7 Å². The maximum atomic E-state index is 5.64. The van der Waals surface area contributed by atoms with Gasteiger partial charge in [-0.15, -0.1) is 0 Å². The first-order valence-corrected chi connectivity index (χ1v) is 10.1. The van der Waals surface area contributed by atoms with Crippen molar-refractivity contribution >= 4 is 23.0 Å². The standard InChI is InChI=1S/C21H31N5S/c1-15(2)18-6-8-19(9-7-18)22-21(27)26-12-10-25(11-13-26)14-20-16(3)23-24(5)17(20)4/h6-9,15H,10-14H2,1-5H3,(H,22,27). The van der Waals surface area contributed by atoms with Crippen molar-refractivity contribution in [2.45, 2.75) is 40.2 Å². The van der Waals surface area contributed by atoms with E-state index >= 15 is 0 Å². The summed E-state index contributed by atoms with van der Waals surface area (Å²) in [5, 5.41) is 8.74. The van der Waals surface area contributed by atoms with Gasteiger partial charge in [0.1, 0.15) is 0 Å². The van der Waals surface area contributed by atoms with Crippen LogP contribution in [0, 0.1) is 13.8 Å². The van der Waals surface area contributed by atoms with Gasteiger partial charge >= 0.3 is 0 Å². The number of aromatic nitrogens is 2. The molecular formula is C21H31N5S. The molecule has 5 nitrogen and oxygen atoms in total. The van der Waals surface area contributed by atoms with Gasteiger partial charge in [-0.2, -0.15) is 5.10 Å². The van der Waals surface area contributed by atoms with Gasteiger partial charge < -0.3 is 10.2 Å². The van der Waals surface area contributed by atoms with Crippen LogP contribution in [0.5, 0.6) is 0 Å². The molecule has 2 aromatic rings. The largest absolute Gasteiger partial charge is 0.346 e. The van der Waals surface area contributed by atoms with Crippen LogP contribution in [-0.4, -0.2) is 50.9 Å². The highest BCUT2D eigenvalue weighted by Gasteiger charge is 2.21. The van der Waals surface area contributed by atoms with Crippen LogP contribution >= 0.6 is 12.2 Å². The number of piperazine rings is 1. The van der Waals surface area contributed by atoms with E-state index in [0.29, 0.717) is 5.92 Å². The maximum absolute atomic E-state index is 5.64. The van der Waals surface area contributed by atoms with E-state index in [0.717, 1.165) is 49.2 Å². The number of hydrogen-bond acceptors (Lipinski definition) is 3. The molecule has 0 aliphatic carbocycles. The van der Waals surface area contributed by atoms with Crippen molar-refractivity contribution in [2.75, 3.05) is 31.5 Å². The summed E-state index contributed by atoms with van der Waals surface area (Å²) in [6, 6.07) is 8.58. The molecule has 1 aliphatic rings.